The number of hydrogen-bond donors (Lipinski definition) is 1. The highest BCUT2D eigenvalue weighted by molar-refractivity contribution is 6.31. The fourth-order valence-electron chi connectivity index (χ4n) is 4.80. The second kappa shape index (κ2) is 5.79. The second-order valence-electron chi connectivity index (χ2n) is 7.99. The van der Waals surface area contributed by atoms with Gasteiger partial charge in [-0.1, -0.05) is 11.6 Å². The van der Waals surface area contributed by atoms with Gasteiger partial charge in [-0.3, -0.25) is 14.6 Å². The van der Waals surface area contributed by atoms with Crippen LogP contribution in [0.1, 0.15) is 36.7 Å². The molecule has 1 atom stereocenters. The Bertz CT molecular complexity index is 1200. The van der Waals surface area contributed by atoms with Crippen LogP contribution in [0.5, 0.6) is 0 Å². The van der Waals surface area contributed by atoms with Gasteiger partial charge in [0.15, 0.2) is 0 Å². The Labute approximate surface area is 171 Å². The normalized spacial score (nSPS) is 21.8. The van der Waals surface area contributed by atoms with Gasteiger partial charge in [0.2, 0.25) is 11.8 Å². The first-order valence-electron chi connectivity index (χ1n) is 9.79. The molecule has 1 spiro atoms. The van der Waals surface area contributed by atoms with Crippen molar-refractivity contribution in [3.8, 4) is 0 Å². The third-order valence-corrected chi connectivity index (χ3v) is 6.60. The van der Waals surface area contributed by atoms with Gasteiger partial charge in [0.1, 0.15) is 11.9 Å². The zero-order valence-corrected chi connectivity index (χ0v) is 16.3. The number of nitrogens with one attached hydrogen (secondary N) is 1. The van der Waals surface area contributed by atoms with Crippen molar-refractivity contribution in [3.05, 3.63) is 53.1 Å². The number of hydrogen-bond acceptors (Lipinski definition) is 4. The van der Waals surface area contributed by atoms with E-state index in [1.54, 1.807) is 29.4 Å². The lowest BCUT2D eigenvalue weighted by Crippen LogP contribution is -2.33. The summed E-state index contributed by atoms with van der Waals surface area (Å²) in [7, 11) is 0. The first-order chi connectivity index (χ1) is 14.1. The molecule has 2 amide bonds. The highest BCUT2D eigenvalue weighted by Crippen LogP contribution is 2.57. The molecule has 2 fully saturated rings. The van der Waals surface area contributed by atoms with Crippen molar-refractivity contribution < 1.29 is 9.59 Å². The van der Waals surface area contributed by atoms with Gasteiger partial charge in [0.05, 0.1) is 34.9 Å². The van der Waals surface area contributed by atoms with E-state index < -0.39 is 0 Å². The molecule has 1 saturated heterocycles. The summed E-state index contributed by atoms with van der Waals surface area (Å²) < 4.78 is 1.97. The fourth-order valence-corrected chi connectivity index (χ4v) is 4.97. The Morgan fingerprint density at radius 2 is 2.10 bits per heavy atom. The predicted octanol–water partition coefficient (Wildman–Crippen LogP) is 2.72. The molecular weight excluding hydrogens is 390 g/mol. The lowest BCUT2D eigenvalue weighted by Gasteiger charge is -2.20. The number of rotatable bonds is 3. The van der Waals surface area contributed by atoms with Crippen LogP contribution in [0.15, 0.2) is 36.7 Å². The SMILES string of the molecule is O=C1NCCC1n1c(CN2C(=O)C3(CC3)c3ccncc32)nc2cc(Cl)ccc21. The van der Waals surface area contributed by atoms with Gasteiger partial charge in [0.25, 0.3) is 0 Å². The molecule has 0 radical (unpaired) electrons. The number of carbonyl (C=O) groups is 2. The van der Waals surface area contributed by atoms with Crippen molar-refractivity contribution in [2.45, 2.75) is 37.3 Å². The van der Waals surface area contributed by atoms with Gasteiger partial charge in [0, 0.05) is 17.8 Å². The Balaban J connectivity index is 1.49. The molecule has 6 rings (SSSR count). The molecule has 7 nitrogen and oxygen atoms in total. The molecule has 8 heteroatoms. The van der Waals surface area contributed by atoms with Gasteiger partial charge < -0.3 is 14.8 Å². The maximum atomic E-state index is 13.3. The number of imidazole rings is 1. The van der Waals surface area contributed by atoms with E-state index in [4.69, 9.17) is 16.6 Å². The van der Waals surface area contributed by atoms with E-state index in [9.17, 15) is 9.59 Å². The number of carbonyl (C=O) groups excluding carboxylic acids is 2. The monoisotopic (exact) mass is 407 g/mol. The van der Waals surface area contributed by atoms with E-state index in [2.05, 4.69) is 10.3 Å². The first kappa shape index (κ1) is 17.0. The van der Waals surface area contributed by atoms with E-state index in [-0.39, 0.29) is 23.3 Å². The minimum atomic E-state index is -0.386. The number of fused-ring (bicyclic) bond motifs is 3. The zero-order valence-electron chi connectivity index (χ0n) is 15.6. The third kappa shape index (κ3) is 2.31. The van der Waals surface area contributed by atoms with Crippen LogP contribution in [0, 0.1) is 0 Å². The summed E-state index contributed by atoms with van der Waals surface area (Å²) >= 11 is 6.17. The Hall–Kier alpha value is -2.93. The summed E-state index contributed by atoms with van der Waals surface area (Å²) in [4.78, 5) is 36.5. The third-order valence-electron chi connectivity index (χ3n) is 6.37. The van der Waals surface area contributed by atoms with Crippen LogP contribution in [-0.4, -0.2) is 32.9 Å². The molecule has 3 aliphatic rings. The minimum Gasteiger partial charge on any atom is -0.354 e. The molecule has 4 heterocycles. The Kier molecular flexibility index (Phi) is 3.39. The molecule has 146 valence electrons. The summed E-state index contributed by atoms with van der Waals surface area (Å²) in [5.41, 5.74) is 3.10. The molecule has 3 aromatic rings. The van der Waals surface area contributed by atoms with Crippen molar-refractivity contribution in [2.24, 2.45) is 0 Å². The van der Waals surface area contributed by atoms with Crippen LogP contribution >= 0.6 is 11.6 Å². The number of nitrogens with zero attached hydrogens (tertiary/aromatic N) is 4. The summed E-state index contributed by atoms with van der Waals surface area (Å²) in [6.07, 6.45) is 5.94. The van der Waals surface area contributed by atoms with Crippen LogP contribution in [-0.2, 0) is 21.5 Å². The molecular formula is C21H18ClN5O2. The minimum absolute atomic E-state index is 0.0195. The molecule has 1 saturated carbocycles. The average Bonchev–Trinajstić information content (AvgIpc) is 3.23. The van der Waals surface area contributed by atoms with Crippen LogP contribution in [0.3, 0.4) is 0 Å². The van der Waals surface area contributed by atoms with Crippen molar-refractivity contribution in [2.75, 3.05) is 11.4 Å². The summed E-state index contributed by atoms with van der Waals surface area (Å²) in [6, 6.07) is 7.11. The smallest absolute Gasteiger partial charge is 0.243 e. The highest BCUT2D eigenvalue weighted by Gasteiger charge is 2.59. The zero-order chi connectivity index (χ0) is 19.8. The lowest BCUT2D eigenvalue weighted by atomic mass is 9.99. The van der Waals surface area contributed by atoms with Crippen LogP contribution in [0.2, 0.25) is 5.02 Å². The van der Waals surface area contributed by atoms with Gasteiger partial charge in [-0.15, -0.1) is 0 Å². The molecule has 2 aliphatic heterocycles. The van der Waals surface area contributed by atoms with Crippen molar-refractivity contribution in [3.63, 3.8) is 0 Å². The fraction of sp³-hybridized carbons (Fsp3) is 0.333. The largest absolute Gasteiger partial charge is 0.354 e. The summed E-state index contributed by atoms with van der Waals surface area (Å²) in [5, 5.41) is 3.49. The summed E-state index contributed by atoms with van der Waals surface area (Å²) in [5.74, 6) is 0.771. The Morgan fingerprint density at radius 3 is 2.86 bits per heavy atom. The van der Waals surface area contributed by atoms with Crippen molar-refractivity contribution in [1.29, 1.82) is 0 Å². The maximum absolute atomic E-state index is 13.3. The average molecular weight is 408 g/mol. The maximum Gasteiger partial charge on any atom is 0.243 e. The second-order valence-corrected chi connectivity index (χ2v) is 8.43. The molecule has 0 bridgehead atoms. The Morgan fingerprint density at radius 1 is 1.24 bits per heavy atom. The summed E-state index contributed by atoms with van der Waals surface area (Å²) in [6.45, 7) is 0.935. The first-order valence-corrected chi connectivity index (χ1v) is 10.2. The molecule has 2 aromatic heterocycles. The number of halogens is 1. The number of pyridine rings is 1. The van der Waals surface area contributed by atoms with E-state index in [1.165, 1.54) is 0 Å². The van der Waals surface area contributed by atoms with Gasteiger partial charge in [-0.2, -0.15) is 0 Å². The molecule has 1 aromatic carbocycles. The van der Waals surface area contributed by atoms with Crippen molar-refractivity contribution >= 4 is 40.1 Å². The molecule has 1 unspecified atom stereocenters. The predicted molar refractivity (Wildman–Crippen MR) is 108 cm³/mol. The van der Waals surface area contributed by atoms with E-state index in [0.717, 1.165) is 35.1 Å². The standard InChI is InChI=1S/C21H18ClN5O2/c22-12-1-2-15-14(9-12)25-18(27(15)16-4-8-24-19(16)28)11-26-17-10-23-7-3-13(17)21(5-6-21)20(26)29/h1-3,7,9-10,16H,4-6,8,11H2,(H,24,28). The van der Waals surface area contributed by atoms with Gasteiger partial charge in [-0.05, 0) is 49.1 Å². The molecule has 1 N–H and O–H groups in total. The van der Waals surface area contributed by atoms with Gasteiger partial charge >= 0.3 is 0 Å². The van der Waals surface area contributed by atoms with E-state index in [1.807, 2.05) is 16.7 Å². The molecule has 1 aliphatic carbocycles. The topological polar surface area (TPSA) is 80.1 Å². The number of amides is 2. The van der Waals surface area contributed by atoms with Gasteiger partial charge in [-0.25, -0.2) is 4.98 Å². The van der Waals surface area contributed by atoms with E-state index in [0.29, 0.717) is 30.4 Å². The quantitative estimate of drug-likeness (QED) is 0.724. The van der Waals surface area contributed by atoms with Crippen LogP contribution in [0.4, 0.5) is 5.69 Å². The van der Waals surface area contributed by atoms with E-state index >= 15 is 0 Å². The lowest BCUT2D eigenvalue weighted by molar-refractivity contribution is -0.121. The van der Waals surface area contributed by atoms with Crippen LogP contribution < -0.4 is 10.2 Å². The number of aromatic nitrogens is 3. The highest BCUT2D eigenvalue weighted by atomic mass is 35.5. The number of benzene rings is 1. The van der Waals surface area contributed by atoms with Crippen LogP contribution in [0.25, 0.3) is 11.0 Å². The van der Waals surface area contributed by atoms with Crippen molar-refractivity contribution in [1.82, 2.24) is 19.9 Å². The number of anilines is 1. The molecule has 29 heavy (non-hydrogen) atoms.